The van der Waals surface area contributed by atoms with Crippen LogP contribution in [-0.2, 0) is 29.6 Å². The highest BCUT2D eigenvalue weighted by Crippen LogP contribution is 2.33. The van der Waals surface area contributed by atoms with Gasteiger partial charge in [-0.3, -0.25) is 4.79 Å². The average molecular weight is 469 g/mol. The van der Waals surface area contributed by atoms with Crippen LogP contribution in [0.15, 0.2) is 27.9 Å². The number of aromatic nitrogens is 4. The maximum absolute atomic E-state index is 13.5. The molecule has 0 aromatic carbocycles. The summed E-state index contributed by atoms with van der Waals surface area (Å²) in [6.45, 7) is 2.75. The SMILES string of the molecule is CCn1c(C(F)(F)F)cc2nc(-c3nc(NC4CC4)ccc3S(=O)(=O)CC)n(C)c2c1=O. The number of imidazole rings is 1. The summed E-state index contributed by atoms with van der Waals surface area (Å²) in [7, 11) is -2.26. The van der Waals surface area contributed by atoms with E-state index in [1.54, 1.807) is 6.07 Å². The number of pyridine rings is 2. The molecule has 1 saturated carbocycles. The maximum Gasteiger partial charge on any atom is 0.431 e. The molecule has 0 aliphatic heterocycles. The van der Waals surface area contributed by atoms with E-state index in [2.05, 4.69) is 15.3 Å². The number of nitrogens with zero attached hydrogens (tertiary/aromatic N) is 4. The van der Waals surface area contributed by atoms with Crippen LogP contribution in [-0.4, -0.2) is 39.3 Å². The van der Waals surface area contributed by atoms with Crippen LogP contribution in [0.25, 0.3) is 22.6 Å². The number of aryl methyl sites for hydroxylation is 1. The van der Waals surface area contributed by atoms with Crippen LogP contribution < -0.4 is 10.9 Å². The minimum Gasteiger partial charge on any atom is -0.367 e. The van der Waals surface area contributed by atoms with Crippen molar-refractivity contribution in [2.45, 2.75) is 50.3 Å². The van der Waals surface area contributed by atoms with Gasteiger partial charge >= 0.3 is 6.18 Å². The Morgan fingerprint density at radius 2 is 1.88 bits per heavy atom. The van der Waals surface area contributed by atoms with Crippen molar-refractivity contribution in [3.05, 3.63) is 34.2 Å². The zero-order chi connectivity index (χ0) is 23.4. The second-order valence-electron chi connectivity index (χ2n) is 7.67. The van der Waals surface area contributed by atoms with Crippen LogP contribution in [0.4, 0.5) is 19.0 Å². The third-order valence-electron chi connectivity index (χ3n) is 5.46. The quantitative estimate of drug-likeness (QED) is 0.595. The molecule has 8 nitrogen and oxygen atoms in total. The van der Waals surface area contributed by atoms with Crippen molar-refractivity contribution in [1.29, 1.82) is 0 Å². The first kappa shape index (κ1) is 22.3. The highest BCUT2D eigenvalue weighted by Gasteiger charge is 2.36. The number of rotatable bonds is 6. The molecule has 3 aromatic heterocycles. The smallest absolute Gasteiger partial charge is 0.367 e. The fourth-order valence-corrected chi connectivity index (χ4v) is 4.63. The lowest BCUT2D eigenvalue weighted by Gasteiger charge is -2.14. The van der Waals surface area contributed by atoms with E-state index in [-0.39, 0.29) is 45.8 Å². The summed E-state index contributed by atoms with van der Waals surface area (Å²) < 4.78 is 67.9. The number of halogens is 3. The van der Waals surface area contributed by atoms with Crippen molar-refractivity contribution < 1.29 is 21.6 Å². The van der Waals surface area contributed by atoms with Crippen LogP contribution in [0, 0.1) is 0 Å². The molecule has 32 heavy (non-hydrogen) atoms. The van der Waals surface area contributed by atoms with Crippen molar-refractivity contribution >= 4 is 26.7 Å². The molecule has 0 saturated heterocycles. The minimum atomic E-state index is -4.75. The Bertz CT molecular complexity index is 1370. The lowest BCUT2D eigenvalue weighted by Crippen LogP contribution is -2.28. The van der Waals surface area contributed by atoms with Crippen LogP contribution >= 0.6 is 0 Å². The summed E-state index contributed by atoms with van der Waals surface area (Å²) in [4.78, 5) is 21.5. The zero-order valence-corrected chi connectivity index (χ0v) is 18.5. The molecule has 0 radical (unpaired) electrons. The molecule has 1 fully saturated rings. The van der Waals surface area contributed by atoms with E-state index in [0.717, 1.165) is 18.9 Å². The molecule has 0 atom stereocenters. The second kappa shape index (κ2) is 7.61. The number of alkyl halides is 3. The highest BCUT2D eigenvalue weighted by atomic mass is 32.2. The van der Waals surface area contributed by atoms with Crippen LogP contribution in [0.5, 0.6) is 0 Å². The Balaban J connectivity index is 2.02. The lowest BCUT2D eigenvalue weighted by molar-refractivity contribution is -0.144. The summed E-state index contributed by atoms with van der Waals surface area (Å²) in [5.41, 5.74) is -2.21. The number of anilines is 1. The Morgan fingerprint density at radius 3 is 2.44 bits per heavy atom. The largest absolute Gasteiger partial charge is 0.431 e. The van der Waals surface area contributed by atoms with Crippen LogP contribution in [0.2, 0.25) is 0 Å². The van der Waals surface area contributed by atoms with Gasteiger partial charge in [-0.2, -0.15) is 13.2 Å². The van der Waals surface area contributed by atoms with Crippen molar-refractivity contribution in [3.63, 3.8) is 0 Å². The number of hydrogen-bond donors (Lipinski definition) is 1. The number of nitrogens with one attached hydrogen (secondary N) is 1. The molecule has 3 heterocycles. The predicted molar refractivity (Wildman–Crippen MR) is 113 cm³/mol. The summed E-state index contributed by atoms with van der Waals surface area (Å²) in [5.74, 6) is 0.249. The van der Waals surface area contributed by atoms with Gasteiger partial charge in [0.15, 0.2) is 15.7 Å². The molecule has 1 aliphatic carbocycles. The maximum atomic E-state index is 13.5. The summed E-state index contributed by atoms with van der Waals surface area (Å²) in [6.07, 6.45) is -2.81. The van der Waals surface area contributed by atoms with Crippen molar-refractivity contribution in [2.24, 2.45) is 7.05 Å². The molecule has 1 aliphatic rings. The molecular formula is C20H22F3N5O3S. The van der Waals surface area contributed by atoms with Gasteiger partial charge in [-0.15, -0.1) is 0 Å². The lowest BCUT2D eigenvalue weighted by atomic mass is 10.3. The normalized spacial score (nSPS) is 14.8. The fourth-order valence-electron chi connectivity index (χ4n) is 3.61. The van der Waals surface area contributed by atoms with Gasteiger partial charge in [-0.05, 0) is 38.0 Å². The Kier molecular flexibility index (Phi) is 5.30. The number of hydrogen-bond acceptors (Lipinski definition) is 6. The standard InChI is InChI=1S/C20H22F3N5O3S/c1-4-28-14(20(21,22)23)10-12-17(19(28)29)27(3)18(25-12)16-13(32(30,31)5-2)8-9-15(26-16)24-11-6-7-11/h8-11H,4-7H2,1-3H3,(H,24,26). The topological polar surface area (TPSA) is 98.9 Å². The van der Waals surface area contributed by atoms with Crippen molar-refractivity contribution in [1.82, 2.24) is 19.1 Å². The van der Waals surface area contributed by atoms with Gasteiger partial charge in [0.25, 0.3) is 5.56 Å². The Labute approximate surface area is 182 Å². The van der Waals surface area contributed by atoms with Gasteiger partial charge in [0, 0.05) is 19.6 Å². The molecule has 3 aromatic rings. The fraction of sp³-hybridized carbons (Fsp3) is 0.450. The van der Waals surface area contributed by atoms with E-state index in [1.807, 2.05) is 0 Å². The van der Waals surface area contributed by atoms with E-state index >= 15 is 0 Å². The molecule has 1 N–H and O–H groups in total. The van der Waals surface area contributed by atoms with Crippen LogP contribution in [0.3, 0.4) is 0 Å². The van der Waals surface area contributed by atoms with E-state index in [0.29, 0.717) is 10.4 Å². The minimum absolute atomic E-state index is 0.00514. The van der Waals surface area contributed by atoms with Gasteiger partial charge in [0.1, 0.15) is 22.7 Å². The summed E-state index contributed by atoms with van der Waals surface area (Å²) in [6, 6.07) is 4.02. The molecule has 0 bridgehead atoms. The molecule has 172 valence electrons. The van der Waals surface area contributed by atoms with Gasteiger partial charge in [-0.1, -0.05) is 6.92 Å². The molecule has 4 rings (SSSR count). The van der Waals surface area contributed by atoms with Gasteiger partial charge in [0.2, 0.25) is 0 Å². The first-order valence-corrected chi connectivity index (χ1v) is 11.8. The van der Waals surface area contributed by atoms with Gasteiger partial charge in [-0.25, -0.2) is 18.4 Å². The van der Waals surface area contributed by atoms with E-state index in [4.69, 9.17) is 0 Å². The predicted octanol–water partition coefficient (Wildman–Crippen LogP) is 3.20. The summed E-state index contributed by atoms with van der Waals surface area (Å²) in [5, 5.41) is 3.18. The molecule has 0 unspecified atom stereocenters. The second-order valence-corrected chi connectivity index (χ2v) is 9.92. The van der Waals surface area contributed by atoms with Crippen LogP contribution in [0.1, 0.15) is 32.4 Å². The summed E-state index contributed by atoms with van der Waals surface area (Å²) >= 11 is 0. The highest BCUT2D eigenvalue weighted by molar-refractivity contribution is 7.91. The molecule has 0 amide bonds. The number of fused-ring (bicyclic) bond motifs is 1. The van der Waals surface area contributed by atoms with E-state index in [9.17, 15) is 26.4 Å². The number of sulfone groups is 1. The first-order valence-electron chi connectivity index (χ1n) is 10.2. The average Bonchev–Trinajstić information content (AvgIpc) is 3.47. The molecular weight excluding hydrogens is 447 g/mol. The third-order valence-corrected chi connectivity index (χ3v) is 7.21. The monoisotopic (exact) mass is 469 g/mol. The van der Waals surface area contributed by atoms with Crippen molar-refractivity contribution in [3.8, 4) is 11.5 Å². The molecule has 0 spiro atoms. The van der Waals surface area contributed by atoms with E-state index in [1.165, 1.54) is 31.5 Å². The van der Waals surface area contributed by atoms with Gasteiger partial charge in [0.05, 0.1) is 16.2 Å². The third kappa shape index (κ3) is 3.76. The first-order chi connectivity index (χ1) is 15.0. The Morgan fingerprint density at radius 1 is 1.19 bits per heavy atom. The van der Waals surface area contributed by atoms with Gasteiger partial charge < -0.3 is 14.5 Å². The Hall–Kier alpha value is -2.89. The molecule has 12 heteroatoms. The van der Waals surface area contributed by atoms with Crippen molar-refractivity contribution in [2.75, 3.05) is 11.1 Å². The van der Waals surface area contributed by atoms with E-state index < -0.39 is 27.3 Å². The zero-order valence-electron chi connectivity index (χ0n) is 17.7.